The van der Waals surface area contributed by atoms with Gasteiger partial charge < -0.3 is 4.90 Å². The molecule has 1 aromatic rings. The van der Waals surface area contributed by atoms with E-state index in [4.69, 9.17) is 12.2 Å². The van der Waals surface area contributed by atoms with Crippen LogP contribution in [-0.2, 0) is 0 Å². The van der Waals surface area contributed by atoms with Crippen molar-refractivity contribution < 1.29 is 0 Å². The molecule has 1 aromatic heterocycles. The van der Waals surface area contributed by atoms with Crippen molar-refractivity contribution in [2.24, 2.45) is 0 Å². The smallest absolute Gasteiger partial charge is 0.134 e. The van der Waals surface area contributed by atoms with Gasteiger partial charge in [-0.2, -0.15) is 0 Å². The number of aromatic nitrogens is 1. The fourth-order valence-corrected chi connectivity index (χ4v) is 1.44. The molecule has 0 amide bonds. The van der Waals surface area contributed by atoms with Crippen LogP contribution in [0, 0.1) is 0 Å². The van der Waals surface area contributed by atoms with Gasteiger partial charge in [-0.15, -0.1) is 0 Å². The molecule has 0 radical (unpaired) electrons. The van der Waals surface area contributed by atoms with Gasteiger partial charge in [0, 0.05) is 6.54 Å². The van der Waals surface area contributed by atoms with Crippen LogP contribution in [0.15, 0.2) is 22.8 Å². The second-order valence-electron chi connectivity index (χ2n) is 2.21. The van der Waals surface area contributed by atoms with E-state index in [9.17, 15) is 0 Å². The summed E-state index contributed by atoms with van der Waals surface area (Å²) in [5, 5.41) is 0. The van der Waals surface area contributed by atoms with Crippen molar-refractivity contribution in [2.75, 3.05) is 11.4 Å². The fourth-order valence-electron chi connectivity index (χ4n) is 0.848. The molecule has 0 spiro atoms. The minimum Gasteiger partial charge on any atom is -0.324 e. The molecule has 0 aliphatic rings. The average Bonchev–Trinajstić information content (AvgIpc) is 2.07. The Hall–Kier alpha value is -0.480. The van der Waals surface area contributed by atoms with Crippen molar-refractivity contribution in [1.29, 1.82) is 0 Å². The standard InChI is InChI=1S/C8H9BrN2S/c1-2-11(6-12)8-5-3-4-7(9)10-8/h3-6H,2H2,1H3. The zero-order valence-corrected chi connectivity index (χ0v) is 9.10. The number of rotatable bonds is 3. The second kappa shape index (κ2) is 4.52. The molecule has 1 heterocycles. The maximum atomic E-state index is 4.84. The molecule has 0 aliphatic carbocycles. The first kappa shape index (κ1) is 9.61. The molecule has 0 fully saturated rings. The number of halogens is 1. The summed E-state index contributed by atoms with van der Waals surface area (Å²) < 4.78 is 0.829. The van der Waals surface area contributed by atoms with Crippen molar-refractivity contribution in [3.63, 3.8) is 0 Å². The van der Waals surface area contributed by atoms with Crippen LogP contribution in [0.25, 0.3) is 0 Å². The summed E-state index contributed by atoms with van der Waals surface area (Å²) in [5.41, 5.74) is 1.61. The van der Waals surface area contributed by atoms with Crippen LogP contribution in [0.4, 0.5) is 5.82 Å². The second-order valence-corrected chi connectivity index (χ2v) is 3.23. The summed E-state index contributed by atoms with van der Waals surface area (Å²) in [4.78, 5) is 6.16. The van der Waals surface area contributed by atoms with Gasteiger partial charge in [0.15, 0.2) is 0 Å². The first-order valence-electron chi connectivity index (χ1n) is 3.62. The molecule has 4 heteroatoms. The van der Waals surface area contributed by atoms with Gasteiger partial charge in [0.1, 0.15) is 10.4 Å². The number of thiocarbonyl (C=S) groups is 1. The normalized spacial score (nSPS) is 9.50. The zero-order valence-electron chi connectivity index (χ0n) is 6.70. The third-order valence-corrected chi connectivity index (χ3v) is 2.16. The molecular weight excluding hydrogens is 236 g/mol. The van der Waals surface area contributed by atoms with Gasteiger partial charge in [-0.1, -0.05) is 18.3 Å². The Morgan fingerprint density at radius 1 is 1.67 bits per heavy atom. The maximum Gasteiger partial charge on any atom is 0.134 e. The van der Waals surface area contributed by atoms with Crippen molar-refractivity contribution >= 4 is 39.5 Å². The summed E-state index contributed by atoms with van der Waals surface area (Å²) >= 11 is 8.15. The largest absolute Gasteiger partial charge is 0.324 e. The summed E-state index contributed by atoms with van der Waals surface area (Å²) in [6.07, 6.45) is 0. The van der Waals surface area contributed by atoms with E-state index in [1.165, 1.54) is 0 Å². The maximum absolute atomic E-state index is 4.84. The molecular formula is C8H9BrN2S. The first-order valence-corrected chi connectivity index (χ1v) is 4.89. The molecule has 0 saturated carbocycles. The minimum atomic E-state index is 0.829. The number of hydrogen-bond donors (Lipinski definition) is 0. The van der Waals surface area contributed by atoms with Gasteiger partial charge in [0.05, 0.1) is 5.49 Å². The van der Waals surface area contributed by atoms with Crippen molar-refractivity contribution in [2.45, 2.75) is 6.92 Å². The molecule has 64 valence electrons. The van der Waals surface area contributed by atoms with E-state index >= 15 is 0 Å². The van der Waals surface area contributed by atoms with Crippen LogP contribution in [-0.4, -0.2) is 17.0 Å². The van der Waals surface area contributed by atoms with E-state index < -0.39 is 0 Å². The summed E-state index contributed by atoms with van der Waals surface area (Å²) in [6.45, 7) is 2.87. The SMILES string of the molecule is CCN(C=S)c1cccc(Br)n1. The van der Waals surface area contributed by atoms with Crippen molar-refractivity contribution in [1.82, 2.24) is 4.98 Å². The average molecular weight is 245 g/mol. The van der Waals surface area contributed by atoms with Crippen molar-refractivity contribution in [3.8, 4) is 0 Å². The van der Waals surface area contributed by atoms with E-state index in [0.717, 1.165) is 17.0 Å². The Kier molecular flexibility index (Phi) is 3.62. The Morgan fingerprint density at radius 2 is 2.42 bits per heavy atom. The zero-order chi connectivity index (χ0) is 8.97. The quantitative estimate of drug-likeness (QED) is 0.601. The molecule has 0 atom stereocenters. The number of pyridine rings is 1. The van der Waals surface area contributed by atoms with E-state index in [2.05, 4.69) is 20.9 Å². The summed E-state index contributed by atoms with van der Waals surface area (Å²) in [5.74, 6) is 0.877. The van der Waals surface area contributed by atoms with Crippen LogP contribution in [0.3, 0.4) is 0 Å². The highest BCUT2D eigenvalue weighted by Crippen LogP contribution is 2.13. The minimum absolute atomic E-state index is 0.829. The first-order chi connectivity index (χ1) is 5.77. The number of nitrogens with zero attached hydrogens (tertiary/aromatic N) is 2. The van der Waals surface area contributed by atoms with Gasteiger partial charge in [-0.3, -0.25) is 0 Å². The lowest BCUT2D eigenvalue weighted by Gasteiger charge is -2.14. The summed E-state index contributed by atoms with van der Waals surface area (Å²) in [7, 11) is 0. The molecule has 1 rings (SSSR count). The topological polar surface area (TPSA) is 16.1 Å². The molecule has 0 aliphatic heterocycles. The predicted molar refractivity (Wildman–Crippen MR) is 58.6 cm³/mol. The summed E-state index contributed by atoms with van der Waals surface area (Å²) in [6, 6.07) is 5.76. The Labute approximate surface area is 85.7 Å². The Bertz CT molecular complexity index is 278. The van der Waals surface area contributed by atoms with Crippen molar-refractivity contribution in [3.05, 3.63) is 22.8 Å². The molecule has 0 N–H and O–H groups in total. The lowest BCUT2D eigenvalue weighted by Crippen LogP contribution is -2.20. The lowest BCUT2D eigenvalue weighted by molar-refractivity contribution is 1.04. The van der Waals surface area contributed by atoms with Gasteiger partial charge in [0.2, 0.25) is 0 Å². The molecule has 0 saturated heterocycles. The third kappa shape index (κ3) is 2.25. The van der Waals surface area contributed by atoms with Gasteiger partial charge in [0.25, 0.3) is 0 Å². The molecule has 12 heavy (non-hydrogen) atoms. The van der Waals surface area contributed by atoms with Crippen LogP contribution in [0.2, 0.25) is 0 Å². The number of anilines is 1. The lowest BCUT2D eigenvalue weighted by atomic mass is 10.4. The highest BCUT2D eigenvalue weighted by Gasteiger charge is 2.00. The monoisotopic (exact) mass is 244 g/mol. The third-order valence-electron chi connectivity index (χ3n) is 1.46. The van der Waals surface area contributed by atoms with E-state index in [1.54, 1.807) is 5.49 Å². The van der Waals surface area contributed by atoms with Crippen LogP contribution in [0.5, 0.6) is 0 Å². The molecule has 2 nitrogen and oxygen atoms in total. The van der Waals surface area contributed by atoms with E-state index in [0.29, 0.717) is 0 Å². The van der Waals surface area contributed by atoms with Crippen LogP contribution >= 0.6 is 28.1 Å². The highest BCUT2D eigenvalue weighted by molar-refractivity contribution is 9.10. The number of hydrogen-bond acceptors (Lipinski definition) is 2. The van der Waals surface area contributed by atoms with Gasteiger partial charge in [-0.05, 0) is 35.0 Å². The molecule has 0 aromatic carbocycles. The molecule has 0 unspecified atom stereocenters. The molecule has 0 bridgehead atoms. The highest BCUT2D eigenvalue weighted by atomic mass is 79.9. The Balaban J connectivity index is 2.93. The van der Waals surface area contributed by atoms with Gasteiger partial charge in [-0.25, -0.2) is 4.98 Å². The fraction of sp³-hybridized carbons (Fsp3) is 0.250. The van der Waals surface area contributed by atoms with E-state index in [1.807, 2.05) is 30.0 Å². The van der Waals surface area contributed by atoms with E-state index in [-0.39, 0.29) is 0 Å². The van der Waals surface area contributed by atoms with Crippen LogP contribution in [0.1, 0.15) is 6.92 Å². The van der Waals surface area contributed by atoms with Gasteiger partial charge >= 0.3 is 0 Å². The van der Waals surface area contributed by atoms with Crippen LogP contribution < -0.4 is 4.90 Å². The Morgan fingerprint density at radius 3 is 2.92 bits per heavy atom. The predicted octanol–water partition coefficient (Wildman–Crippen LogP) is 2.63.